The van der Waals surface area contributed by atoms with Crippen LogP contribution >= 0.6 is 0 Å². The van der Waals surface area contributed by atoms with Crippen molar-refractivity contribution in [3.8, 4) is 22.9 Å². The summed E-state index contributed by atoms with van der Waals surface area (Å²) in [5.41, 5.74) is 2.04. The standard InChI is InChI=1S/C21H23N5O3/c1-25(2)19-8-6-15(11-22-19)20-23-21(29-24-20)16-4-3-9-26(16)12-14-5-7-17-18(10-14)28-13-27-17/h5-8,10-11,16H,3-4,9,12-13H2,1-2H3/t16-/m0/s1. The molecule has 1 atom stereocenters. The Morgan fingerprint density at radius 3 is 2.86 bits per heavy atom. The Hall–Kier alpha value is -3.13. The van der Waals surface area contributed by atoms with Gasteiger partial charge in [0.15, 0.2) is 11.5 Å². The Morgan fingerprint density at radius 1 is 1.14 bits per heavy atom. The maximum atomic E-state index is 5.64. The largest absolute Gasteiger partial charge is 0.454 e. The lowest BCUT2D eigenvalue weighted by molar-refractivity contribution is 0.173. The zero-order chi connectivity index (χ0) is 19.8. The summed E-state index contributed by atoms with van der Waals surface area (Å²) in [6, 6.07) is 10.1. The number of anilines is 1. The second-order valence-corrected chi connectivity index (χ2v) is 7.57. The van der Waals surface area contributed by atoms with Gasteiger partial charge in [-0.2, -0.15) is 4.98 Å². The highest BCUT2D eigenvalue weighted by molar-refractivity contribution is 5.55. The number of pyridine rings is 1. The van der Waals surface area contributed by atoms with Gasteiger partial charge in [0.2, 0.25) is 18.5 Å². The molecule has 1 fully saturated rings. The first-order chi connectivity index (χ1) is 14.2. The predicted octanol–water partition coefficient (Wildman–Crippen LogP) is 3.26. The molecule has 5 rings (SSSR count). The molecular formula is C21H23N5O3. The zero-order valence-electron chi connectivity index (χ0n) is 16.5. The quantitative estimate of drug-likeness (QED) is 0.654. The van der Waals surface area contributed by atoms with Gasteiger partial charge < -0.3 is 18.9 Å². The van der Waals surface area contributed by atoms with Crippen LogP contribution in [-0.2, 0) is 6.54 Å². The molecule has 0 unspecified atom stereocenters. The maximum Gasteiger partial charge on any atom is 0.244 e. The molecule has 2 aromatic heterocycles. The fraction of sp³-hybridized carbons (Fsp3) is 0.381. The molecule has 0 bridgehead atoms. The SMILES string of the molecule is CN(C)c1ccc(-c2noc([C@@H]3CCCN3Cc3ccc4c(c3)OCO4)n2)cn1. The Balaban J connectivity index is 1.32. The minimum atomic E-state index is 0.121. The number of benzene rings is 1. The third-order valence-electron chi connectivity index (χ3n) is 5.38. The lowest BCUT2D eigenvalue weighted by Gasteiger charge is -2.21. The Bertz CT molecular complexity index is 1000. The third kappa shape index (κ3) is 3.51. The van der Waals surface area contributed by atoms with Gasteiger partial charge in [-0.05, 0) is 49.2 Å². The lowest BCUT2D eigenvalue weighted by Crippen LogP contribution is -2.23. The fourth-order valence-corrected chi connectivity index (χ4v) is 3.84. The molecular weight excluding hydrogens is 370 g/mol. The van der Waals surface area contributed by atoms with E-state index in [1.54, 1.807) is 6.20 Å². The van der Waals surface area contributed by atoms with E-state index in [-0.39, 0.29) is 6.04 Å². The highest BCUT2D eigenvalue weighted by atomic mass is 16.7. The molecule has 8 heteroatoms. The van der Waals surface area contributed by atoms with Crippen LogP contribution in [-0.4, -0.2) is 47.5 Å². The number of fused-ring (bicyclic) bond motifs is 1. The van der Waals surface area contributed by atoms with E-state index in [1.807, 2.05) is 37.2 Å². The first kappa shape index (κ1) is 17.9. The Kier molecular flexibility index (Phi) is 4.55. The first-order valence-electron chi connectivity index (χ1n) is 9.77. The average molecular weight is 393 g/mol. The second-order valence-electron chi connectivity index (χ2n) is 7.57. The number of nitrogens with zero attached hydrogens (tertiary/aromatic N) is 5. The summed E-state index contributed by atoms with van der Waals surface area (Å²) in [5.74, 6) is 3.75. The summed E-state index contributed by atoms with van der Waals surface area (Å²) < 4.78 is 16.5. The Labute approximate surface area is 169 Å². The van der Waals surface area contributed by atoms with Gasteiger partial charge in [0, 0.05) is 32.4 Å². The number of rotatable bonds is 5. The van der Waals surface area contributed by atoms with Crippen molar-refractivity contribution in [2.45, 2.75) is 25.4 Å². The van der Waals surface area contributed by atoms with Crippen molar-refractivity contribution in [3.63, 3.8) is 0 Å². The van der Waals surface area contributed by atoms with Crippen molar-refractivity contribution in [3.05, 3.63) is 48.0 Å². The monoisotopic (exact) mass is 393 g/mol. The summed E-state index contributed by atoms with van der Waals surface area (Å²) in [6.07, 6.45) is 3.89. The summed E-state index contributed by atoms with van der Waals surface area (Å²) in [6.45, 7) is 2.09. The molecule has 0 saturated carbocycles. The van der Waals surface area contributed by atoms with E-state index in [2.05, 4.69) is 32.2 Å². The van der Waals surface area contributed by atoms with Crippen molar-refractivity contribution in [1.82, 2.24) is 20.0 Å². The number of hydrogen-bond donors (Lipinski definition) is 0. The number of likely N-dealkylation sites (tertiary alicyclic amines) is 1. The normalized spacial score (nSPS) is 18.3. The van der Waals surface area contributed by atoms with E-state index < -0.39 is 0 Å². The fourth-order valence-electron chi connectivity index (χ4n) is 3.84. The van der Waals surface area contributed by atoms with E-state index in [9.17, 15) is 0 Å². The van der Waals surface area contributed by atoms with Gasteiger partial charge in [0.25, 0.3) is 0 Å². The van der Waals surface area contributed by atoms with Gasteiger partial charge in [-0.15, -0.1) is 0 Å². The minimum Gasteiger partial charge on any atom is -0.454 e. The van der Waals surface area contributed by atoms with Crippen molar-refractivity contribution in [1.29, 1.82) is 0 Å². The Morgan fingerprint density at radius 2 is 2.03 bits per heavy atom. The van der Waals surface area contributed by atoms with Crippen molar-refractivity contribution in [2.75, 3.05) is 32.3 Å². The molecule has 3 aromatic rings. The van der Waals surface area contributed by atoms with Gasteiger partial charge in [-0.3, -0.25) is 4.90 Å². The number of ether oxygens (including phenoxy) is 2. The third-order valence-corrected chi connectivity index (χ3v) is 5.38. The lowest BCUT2D eigenvalue weighted by atomic mass is 10.1. The van der Waals surface area contributed by atoms with Crippen LogP contribution < -0.4 is 14.4 Å². The zero-order valence-corrected chi connectivity index (χ0v) is 16.5. The highest BCUT2D eigenvalue weighted by Gasteiger charge is 2.31. The van der Waals surface area contributed by atoms with E-state index in [4.69, 9.17) is 14.0 Å². The molecule has 150 valence electrons. The first-order valence-corrected chi connectivity index (χ1v) is 9.77. The molecule has 0 spiro atoms. The van der Waals surface area contributed by atoms with Gasteiger partial charge in [0.1, 0.15) is 5.82 Å². The van der Waals surface area contributed by atoms with Crippen molar-refractivity contribution < 1.29 is 14.0 Å². The topological polar surface area (TPSA) is 76.8 Å². The van der Waals surface area contributed by atoms with Crippen LogP contribution in [0.5, 0.6) is 11.5 Å². The van der Waals surface area contributed by atoms with Crippen LogP contribution in [0.4, 0.5) is 5.82 Å². The van der Waals surface area contributed by atoms with Crippen molar-refractivity contribution >= 4 is 5.82 Å². The summed E-state index contributed by atoms with van der Waals surface area (Å²) in [5, 5.41) is 4.19. The molecule has 0 radical (unpaired) electrons. The molecule has 4 heterocycles. The molecule has 2 aliphatic heterocycles. The van der Waals surface area contributed by atoms with Crippen LogP contribution in [0.25, 0.3) is 11.4 Å². The van der Waals surface area contributed by atoms with Crippen LogP contribution in [0, 0.1) is 0 Å². The molecule has 2 aliphatic rings. The van der Waals surface area contributed by atoms with Crippen molar-refractivity contribution in [2.24, 2.45) is 0 Å². The highest BCUT2D eigenvalue weighted by Crippen LogP contribution is 2.36. The van der Waals surface area contributed by atoms with Crippen LogP contribution in [0.2, 0.25) is 0 Å². The van der Waals surface area contributed by atoms with Gasteiger partial charge >= 0.3 is 0 Å². The van der Waals surface area contributed by atoms with E-state index in [1.165, 1.54) is 5.56 Å². The summed E-state index contributed by atoms with van der Waals surface area (Å²) >= 11 is 0. The molecule has 1 aromatic carbocycles. The van der Waals surface area contributed by atoms with Crippen LogP contribution in [0.1, 0.15) is 30.3 Å². The molecule has 29 heavy (non-hydrogen) atoms. The molecule has 0 aliphatic carbocycles. The van der Waals surface area contributed by atoms with Gasteiger partial charge in [0.05, 0.1) is 6.04 Å². The molecule has 0 amide bonds. The number of hydrogen-bond acceptors (Lipinski definition) is 8. The van der Waals surface area contributed by atoms with E-state index >= 15 is 0 Å². The number of aromatic nitrogens is 3. The summed E-state index contributed by atoms with van der Waals surface area (Å²) in [4.78, 5) is 13.4. The minimum absolute atomic E-state index is 0.121. The van der Waals surface area contributed by atoms with E-state index in [0.717, 1.165) is 48.8 Å². The summed E-state index contributed by atoms with van der Waals surface area (Å²) in [7, 11) is 3.92. The molecule has 1 saturated heterocycles. The van der Waals surface area contributed by atoms with Gasteiger partial charge in [-0.1, -0.05) is 11.2 Å². The second kappa shape index (κ2) is 7.36. The predicted molar refractivity (Wildman–Crippen MR) is 107 cm³/mol. The van der Waals surface area contributed by atoms with Gasteiger partial charge in [-0.25, -0.2) is 4.98 Å². The average Bonchev–Trinajstić information content (AvgIpc) is 3.48. The van der Waals surface area contributed by atoms with Crippen LogP contribution in [0.3, 0.4) is 0 Å². The smallest absolute Gasteiger partial charge is 0.244 e. The molecule has 8 nitrogen and oxygen atoms in total. The van der Waals surface area contributed by atoms with Crippen LogP contribution in [0.15, 0.2) is 41.1 Å². The molecule has 0 N–H and O–H groups in total. The maximum absolute atomic E-state index is 5.64. The van der Waals surface area contributed by atoms with E-state index in [0.29, 0.717) is 18.5 Å².